The van der Waals surface area contributed by atoms with Gasteiger partial charge in [-0.25, -0.2) is 0 Å². The smallest absolute Gasteiger partial charge is 0.119 e. The average molecular weight is 214 g/mol. The molecule has 0 radical (unpaired) electrons. The molecule has 16 heavy (non-hydrogen) atoms. The van der Waals surface area contributed by atoms with Crippen molar-refractivity contribution < 1.29 is 4.74 Å². The molecule has 1 atom stereocenters. The van der Waals surface area contributed by atoms with E-state index in [0.29, 0.717) is 0 Å². The van der Waals surface area contributed by atoms with E-state index >= 15 is 0 Å². The zero-order valence-electron chi connectivity index (χ0n) is 10.0. The molecule has 0 heterocycles. The molecule has 1 nitrogen and oxygen atoms in total. The van der Waals surface area contributed by atoms with E-state index in [2.05, 4.69) is 25.1 Å². The lowest BCUT2D eigenvalue weighted by atomic mass is 9.85. The van der Waals surface area contributed by atoms with E-state index in [0.717, 1.165) is 18.1 Å². The van der Waals surface area contributed by atoms with Gasteiger partial charge in [0.05, 0.1) is 7.11 Å². The largest absolute Gasteiger partial charge is 0.497 e. The van der Waals surface area contributed by atoms with Gasteiger partial charge in [0.1, 0.15) is 5.75 Å². The maximum absolute atomic E-state index is 5.30. The van der Waals surface area contributed by atoms with Crippen LogP contribution in [0.2, 0.25) is 0 Å². The van der Waals surface area contributed by atoms with Crippen LogP contribution in [0.1, 0.15) is 37.3 Å². The van der Waals surface area contributed by atoms with Crippen molar-refractivity contribution in [1.82, 2.24) is 0 Å². The Morgan fingerprint density at radius 2 is 2.19 bits per heavy atom. The third-order valence-electron chi connectivity index (χ3n) is 3.96. The molecule has 0 N–H and O–H groups in total. The minimum atomic E-state index is 0.854. The maximum atomic E-state index is 5.30. The van der Waals surface area contributed by atoms with Crippen molar-refractivity contribution >= 4 is 5.57 Å². The quantitative estimate of drug-likeness (QED) is 0.690. The molecule has 0 bridgehead atoms. The lowest BCUT2D eigenvalue weighted by molar-refractivity contribution is 0.414. The van der Waals surface area contributed by atoms with Gasteiger partial charge in [0.2, 0.25) is 0 Å². The summed E-state index contributed by atoms with van der Waals surface area (Å²) in [4.78, 5) is 0. The Labute approximate surface area is 97.1 Å². The molecule has 0 amide bonds. The van der Waals surface area contributed by atoms with Gasteiger partial charge in [0.15, 0.2) is 0 Å². The Morgan fingerprint density at radius 3 is 3.00 bits per heavy atom. The van der Waals surface area contributed by atoms with E-state index in [1.807, 2.05) is 0 Å². The Kier molecular flexibility index (Phi) is 2.27. The van der Waals surface area contributed by atoms with Gasteiger partial charge in [0.25, 0.3) is 0 Å². The fourth-order valence-corrected chi connectivity index (χ4v) is 3.03. The second kappa shape index (κ2) is 3.65. The van der Waals surface area contributed by atoms with Crippen LogP contribution in [0.15, 0.2) is 23.8 Å². The SMILES string of the molecule is COc1ccc2c(c1)CC1=C2CC(C)CC1. The van der Waals surface area contributed by atoms with Crippen LogP contribution in [0.5, 0.6) is 5.75 Å². The molecule has 1 unspecified atom stereocenters. The fourth-order valence-electron chi connectivity index (χ4n) is 3.03. The second-order valence-corrected chi connectivity index (χ2v) is 5.13. The molecule has 0 saturated heterocycles. The summed E-state index contributed by atoms with van der Waals surface area (Å²) in [6.07, 6.45) is 5.10. The molecular formula is C15H18O. The van der Waals surface area contributed by atoms with Gasteiger partial charge in [-0.2, -0.15) is 0 Å². The molecular weight excluding hydrogens is 196 g/mol. The summed E-state index contributed by atoms with van der Waals surface area (Å²) >= 11 is 0. The fraction of sp³-hybridized carbons (Fsp3) is 0.467. The molecule has 0 spiro atoms. The second-order valence-electron chi connectivity index (χ2n) is 5.13. The number of hydrogen-bond acceptors (Lipinski definition) is 1. The van der Waals surface area contributed by atoms with E-state index in [9.17, 15) is 0 Å². The molecule has 0 aromatic heterocycles. The van der Waals surface area contributed by atoms with Crippen molar-refractivity contribution in [2.45, 2.75) is 32.6 Å². The first-order chi connectivity index (χ1) is 7.78. The number of rotatable bonds is 1. The highest BCUT2D eigenvalue weighted by Crippen LogP contribution is 2.44. The van der Waals surface area contributed by atoms with Crippen molar-refractivity contribution in [2.75, 3.05) is 7.11 Å². The average Bonchev–Trinajstić information content (AvgIpc) is 2.66. The van der Waals surface area contributed by atoms with Gasteiger partial charge in [-0.3, -0.25) is 0 Å². The molecule has 2 aliphatic rings. The van der Waals surface area contributed by atoms with Gasteiger partial charge in [-0.05, 0) is 60.4 Å². The molecule has 0 fully saturated rings. The van der Waals surface area contributed by atoms with Gasteiger partial charge in [-0.1, -0.05) is 18.6 Å². The highest BCUT2D eigenvalue weighted by atomic mass is 16.5. The van der Waals surface area contributed by atoms with Gasteiger partial charge >= 0.3 is 0 Å². The molecule has 1 heteroatoms. The van der Waals surface area contributed by atoms with Crippen molar-refractivity contribution in [3.63, 3.8) is 0 Å². The van der Waals surface area contributed by atoms with Gasteiger partial charge < -0.3 is 4.74 Å². The first-order valence-corrected chi connectivity index (χ1v) is 6.16. The molecule has 0 saturated carbocycles. The lowest BCUT2D eigenvalue weighted by Gasteiger charge is -2.20. The highest BCUT2D eigenvalue weighted by Gasteiger charge is 2.26. The topological polar surface area (TPSA) is 9.23 Å². The van der Waals surface area contributed by atoms with Gasteiger partial charge in [0, 0.05) is 0 Å². The molecule has 1 aromatic carbocycles. The van der Waals surface area contributed by atoms with E-state index in [4.69, 9.17) is 4.74 Å². The molecule has 2 aliphatic carbocycles. The van der Waals surface area contributed by atoms with Crippen molar-refractivity contribution in [3.8, 4) is 5.75 Å². The molecule has 0 aliphatic heterocycles. The first-order valence-electron chi connectivity index (χ1n) is 6.16. The Morgan fingerprint density at radius 1 is 1.31 bits per heavy atom. The minimum absolute atomic E-state index is 0.854. The van der Waals surface area contributed by atoms with Crippen molar-refractivity contribution in [2.24, 2.45) is 5.92 Å². The Balaban J connectivity index is 2.00. The van der Waals surface area contributed by atoms with E-state index in [-0.39, 0.29) is 0 Å². The van der Waals surface area contributed by atoms with Crippen molar-refractivity contribution in [1.29, 1.82) is 0 Å². The Bertz CT molecular complexity index is 457. The Hall–Kier alpha value is -1.24. The predicted octanol–water partition coefficient (Wildman–Crippen LogP) is 3.82. The summed E-state index contributed by atoms with van der Waals surface area (Å²) in [6, 6.07) is 6.54. The normalized spacial score (nSPS) is 23.0. The monoisotopic (exact) mass is 214 g/mol. The van der Waals surface area contributed by atoms with Crippen LogP contribution in [0.4, 0.5) is 0 Å². The number of hydrogen-bond donors (Lipinski definition) is 0. The van der Waals surface area contributed by atoms with E-state index in [1.54, 1.807) is 18.3 Å². The number of fused-ring (bicyclic) bond motifs is 2. The van der Waals surface area contributed by atoms with Crippen LogP contribution in [0.25, 0.3) is 5.57 Å². The number of allylic oxidation sites excluding steroid dienone is 2. The minimum Gasteiger partial charge on any atom is -0.497 e. The molecule has 84 valence electrons. The molecule has 3 rings (SSSR count). The van der Waals surface area contributed by atoms with Crippen LogP contribution >= 0.6 is 0 Å². The highest BCUT2D eigenvalue weighted by molar-refractivity contribution is 5.77. The predicted molar refractivity (Wildman–Crippen MR) is 66.6 cm³/mol. The summed E-state index contributed by atoms with van der Waals surface area (Å²) in [5, 5.41) is 0. The van der Waals surface area contributed by atoms with Crippen molar-refractivity contribution in [3.05, 3.63) is 34.9 Å². The summed E-state index contributed by atoms with van der Waals surface area (Å²) in [7, 11) is 1.74. The first kappa shape index (κ1) is 9.95. The van der Waals surface area contributed by atoms with Crippen LogP contribution in [-0.2, 0) is 6.42 Å². The zero-order chi connectivity index (χ0) is 11.1. The molecule has 1 aromatic rings. The summed E-state index contributed by atoms with van der Waals surface area (Å²) in [6.45, 7) is 2.37. The van der Waals surface area contributed by atoms with Crippen LogP contribution < -0.4 is 4.74 Å². The third kappa shape index (κ3) is 1.46. The number of ether oxygens (including phenoxy) is 1. The van der Waals surface area contributed by atoms with E-state index in [1.165, 1.54) is 30.4 Å². The standard InChI is InChI=1S/C15H18O/c1-10-3-4-11-8-12-9-13(16-2)5-6-14(12)15(11)7-10/h5-6,9-10H,3-4,7-8H2,1-2H3. The van der Waals surface area contributed by atoms with Crippen LogP contribution in [0, 0.1) is 5.92 Å². The summed E-state index contributed by atoms with van der Waals surface area (Å²) in [5.74, 6) is 1.85. The van der Waals surface area contributed by atoms with E-state index < -0.39 is 0 Å². The summed E-state index contributed by atoms with van der Waals surface area (Å²) < 4.78 is 5.30. The van der Waals surface area contributed by atoms with Crippen LogP contribution in [0.3, 0.4) is 0 Å². The summed E-state index contributed by atoms with van der Waals surface area (Å²) in [5.41, 5.74) is 6.28. The number of methoxy groups -OCH3 is 1. The number of benzene rings is 1. The third-order valence-corrected chi connectivity index (χ3v) is 3.96. The van der Waals surface area contributed by atoms with Crippen LogP contribution in [-0.4, -0.2) is 7.11 Å². The van der Waals surface area contributed by atoms with Gasteiger partial charge in [-0.15, -0.1) is 0 Å². The zero-order valence-corrected chi connectivity index (χ0v) is 10.0. The maximum Gasteiger partial charge on any atom is 0.119 e. The lowest BCUT2D eigenvalue weighted by Crippen LogP contribution is -2.03.